The zero-order chi connectivity index (χ0) is 20.0. The molecule has 27 heavy (non-hydrogen) atoms. The number of ether oxygens (including phenoxy) is 1. The van der Waals surface area contributed by atoms with Crippen molar-refractivity contribution < 1.29 is 23.1 Å². The Labute approximate surface area is 168 Å². The molecular formula is C19H22ClO5PS. The Hall–Kier alpha value is -1.62. The predicted octanol–water partition coefficient (Wildman–Crippen LogP) is 6.39. The van der Waals surface area contributed by atoms with E-state index in [0.29, 0.717) is 33.8 Å². The van der Waals surface area contributed by atoms with E-state index in [4.69, 9.17) is 20.6 Å². The highest BCUT2D eigenvalue weighted by atomic mass is 35.5. The fraction of sp³-hybridized carbons (Fsp3) is 0.316. The van der Waals surface area contributed by atoms with Gasteiger partial charge in [-0.25, -0.2) is 9.36 Å². The third kappa shape index (κ3) is 6.49. The summed E-state index contributed by atoms with van der Waals surface area (Å²) in [7, 11) is 1.31. The maximum absolute atomic E-state index is 13.4. The van der Waals surface area contributed by atoms with Crippen molar-refractivity contribution >= 4 is 35.7 Å². The number of methoxy groups -OCH3 is 1. The Morgan fingerprint density at radius 2 is 1.81 bits per heavy atom. The molecule has 0 amide bonds. The van der Waals surface area contributed by atoms with Gasteiger partial charge in [0.1, 0.15) is 11.5 Å². The molecule has 1 atom stereocenters. The van der Waals surface area contributed by atoms with E-state index in [1.807, 2.05) is 20.8 Å². The first-order chi connectivity index (χ1) is 12.7. The summed E-state index contributed by atoms with van der Waals surface area (Å²) < 4.78 is 29.5. The lowest BCUT2D eigenvalue weighted by Crippen LogP contribution is -2.03. The summed E-state index contributed by atoms with van der Waals surface area (Å²) in [4.78, 5) is 11.5. The lowest BCUT2D eigenvalue weighted by Gasteiger charge is -2.21. The predicted molar refractivity (Wildman–Crippen MR) is 110 cm³/mol. The maximum Gasteiger partial charge on any atom is 0.492 e. The van der Waals surface area contributed by atoms with Crippen molar-refractivity contribution in [2.24, 2.45) is 5.92 Å². The normalized spacial score (nSPS) is 13.1. The molecule has 0 bridgehead atoms. The molecule has 8 heteroatoms. The van der Waals surface area contributed by atoms with E-state index in [9.17, 15) is 9.36 Å². The van der Waals surface area contributed by atoms with Crippen molar-refractivity contribution in [3.8, 4) is 11.5 Å². The Morgan fingerprint density at radius 1 is 1.15 bits per heavy atom. The number of carbonyl (C=O) groups is 1. The number of aryl methyl sites for hydroxylation is 1. The van der Waals surface area contributed by atoms with Crippen molar-refractivity contribution in [3.63, 3.8) is 0 Å². The van der Waals surface area contributed by atoms with E-state index in [2.05, 4.69) is 4.74 Å². The highest BCUT2D eigenvalue weighted by Crippen LogP contribution is 2.60. The number of esters is 1. The van der Waals surface area contributed by atoms with Gasteiger partial charge in [0.05, 0.1) is 12.7 Å². The summed E-state index contributed by atoms with van der Waals surface area (Å²) in [5.41, 5.74) is 1.14. The van der Waals surface area contributed by atoms with E-state index < -0.39 is 12.8 Å². The van der Waals surface area contributed by atoms with Gasteiger partial charge in [0.15, 0.2) is 0 Å². The molecule has 0 saturated heterocycles. The van der Waals surface area contributed by atoms with Crippen LogP contribution in [0, 0.1) is 12.8 Å². The molecule has 0 aromatic heterocycles. The van der Waals surface area contributed by atoms with Crippen LogP contribution in [0.15, 0.2) is 42.5 Å². The van der Waals surface area contributed by atoms with Crippen LogP contribution < -0.4 is 9.05 Å². The van der Waals surface area contributed by atoms with Gasteiger partial charge in [0.2, 0.25) is 0 Å². The SMILES string of the molecule is COC(=O)c1ccc(O[P@](=O)(Oc2ccc(Cl)cc2C)SCC(C)C)cc1. The van der Waals surface area contributed by atoms with Crippen LogP contribution in [0.3, 0.4) is 0 Å². The van der Waals surface area contributed by atoms with E-state index in [1.54, 1.807) is 42.5 Å². The second kappa shape index (κ2) is 9.54. The van der Waals surface area contributed by atoms with E-state index in [-0.39, 0.29) is 0 Å². The van der Waals surface area contributed by atoms with Crippen LogP contribution in [0.25, 0.3) is 0 Å². The second-order valence-electron chi connectivity index (χ2n) is 6.25. The average molecular weight is 429 g/mol. The van der Waals surface area contributed by atoms with E-state index >= 15 is 0 Å². The smallest absolute Gasteiger partial charge is 0.465 e. The molecule has 146 valence electrons. The molecular weight excluding hydrogens is 407 g/mol. The Balaban J connectivity index is 2.24. The molecule has 5 nitrogen and oxygen atoms in total. The molecule has 0 saturated carbocycles. The number of halogens is 1. The van der Waals surface area contributed by atoms with Crippen LogP contribution in [0.5, 0.6) is 11.5 Å². The number of benzene rings is 2. The minimum Gasteiger partial charge on any atom is -0.465 e. The van der Waals surface area contributed by atoms with Gasteiger partial charge in [0, 0.05) is 10.8 Å². The summed E-state index contributed by atoms with van der Waals surface area (Å²) in [5, 5.41) is 0.573. The van der Waals surface area contributed by atoms with Crippen molar-refractivity contribution in [2.75, 3.05) is 12.9 Å². The highest BCUT2D eigenvalue weighted by molar-refractivity contribution is 8.55. The largest absolute Gasteiger partial charge is 0.492 e. The third-order valence-corrected chi connectivity index (χ3v) is 7.47. The fourth-order valence-electron chi connectivity index (χ4n) is 2.05. The van der Waals surface area contributed by atoms with Gasteiger partial charge < -0.3 is 13.8 Å². The van der Waals surface area contributed by atoms with Crippen LogP contribution in [0.2, 0.25) is 5.02 Å². The van der Waals surface area contributed by atoms with Crippen molar-refractivity contribution in [1.29, 1.82) is 0 Å². The number of rotatable bonds is 8. The van der Waals surface area contributed by atoms with E-state index in [1.165, 1.54) is 7.11 Å². The van der Waals surface area contributed by atoms with Gasteiger partial charge in [-0.1, -0.05) is 25.4 Å². The molecule has 0 aliphatic rings. The van der Waals surface area contributed by atoms with Crippen LogP contribution in [0.1, 0.15) is 29.8 Å². The molecule has 0 aliphatic carbocycles. The van der Waals surface area contributed by atoms with E-state index in [0.717, 1.165) is 16.9 Å². The lowest BCUT2D eigenvalue weighted by molar-refractivity contribution is 0.0600. The van der Waals surface area contributed by atoms with Gasteiger partial charge >= 0.3 is 12.8 Å². The second-order valence-corrected chi connectivity index (χ2v) is 10.6. The number of hydrogen-bond acceptors (Lipinski definition) is 6. The molecule has 0 spiro atoms. The first-order valence-electron chi connectivity index (χ1n) is 8.31. The zero-order valence-electron chi connectivity index (χ0n) is 15.6. The van der Waals surface area contributed by atoms with Gasteiger partial charge in [-0.3, -0.25) is 0 Å². The highest BCUT2D eigenvalue weighted by Gasteiger charge is 2.30. The molecule has 0 aliphatic heterocycles. The summed E-state index contributed by atoms with van der Waals surface area (Å²) in [5.74, 6) is 1.25. The Morgan fingerprint density at radius 3 is 2.37 bits per heavy atom. The first-order valence-corrected chi connectivity index (χ1v) is 11.8. The molecule has 0 radical (unpaired) electrons. The summed E-state index contributed by atoms with van der Waals surface area (Å²) >= 11 is 7.11. The van der Waals surface area contributed by atoms with Crippen molar-refractivity contribution in [2.45, 2.75) is 20.8 Å². The number of hydrogen-bond donors (Lipinski definition) is 0. The van der Waals surface area contributed by atoms with Crippen LogP contribution in [-0.2, 0) is 9.30 Å². The van der Waals surface area contributed by atoms with Gasteiger partial charge in [-0.2, -0.15) is 0 Å². The Kier molecular flexibility index (Phi) is 7.66. The molecule has 2 aromatic carbocycles. The van der Waals surface area contributed by atoms with Gasteiger partial charge in [-0.05, 0) is 72.3 Å². The lowest BCUT2D eigenvalue weighted by atomic mass is 10.2. The van der Waals surface area contributed by atoms with Gasteiger partial charge in [0.25, 0.3) is 0 Å². The summed E-state index contributed by atoms with van der Waals surface area (Å²) in [6.07, 6.45) is 0. The van der Waals surface area contributed by atoms with Gasteiger partial charge in [-0.15, -0.1) is 0 Å². The quantitative estimate of drug-likeness (QED) is 0.358. The van der Waals surface area contributed by atoms with Crippen molar-refractivity contribution in [3.05, 3.63) is 58.6 Å². The molecule has 0 fully saturated rings. The minimum atomic E-state index is -3.55. The molecule has 2 rings (SSSR count). The topological polar surface area (TPSA) is 61.8 Å². The standard InChI is InChI=1S/C19H22ClO5PS/c1-13(2)12-27-26(22,25-18-10-7-16(20)11-14(18)3)24-17-8-5-15(6-9-17)19(21)23-4/h5-11,13H,12H2,1-4H3/t26-/m1/s1. The third-order valence-electron chi connectivity index (χ3n) is 3.41. The van der Waals surface area contributed by atoms with Crippen LogP contribution >= 0.6 is 29.8 Å². The fourth-order valence-corrected chi connectivity index (χ4v) is 5.98. The summed E-state index contributed by atoms with van der Waals surface area (Å²) in [6, 6.07) is 11.3. The molecule has 0 unspecified atom stereocenters. The maximum atomic E-state index is 13.4. The molecule has 0 N–H and O–H groups in total. The first kappa shape index (κ1) is 21.7. The Bertz CT molecular complexity index is 838. The van der Waals surface area contributed by atoms with Crippen molar-refractivity contribution in [1.82, 2.24) is 0 Å². The zero-order valence-corrected chi connectivity index (χ0v) is 18.1. The van der Waals surface area contributed by atoms with Crippen LogP contribution in [-0.4, -0.2) is 18.8 Å². The van der Waals surface area contributed by atoms with Crippen LogP contribution in [0.4, 0.5) is 0 Å². The average Bonchev–Trinajstić information content (AvgIpc) is 2.62. The minimum absolute atomic E-state index is 0.309. The number of carbonyl (C=O) groups excluding carboxylic acids is 1. The molecule has 2 aromatic rings. The summed E-state index contributed by atoms with van der Waals surface area (Å²) in [6.45, 7) is 2.32. The monoisotopic (exact) mass is 428 g/mol. The molecule has 0 heterocycles.